The summed E-state index contributed by atoms with van der Waals surface area (Å²) in [6, 6.07) is 16.4. The second-order valence-corrected chi connectivity index (χ2v) is 7.60. The van der Waals surface area contributed by atoms with Gasteiger partial charge < -0.3 is 15.4 Å². The smallest absolute Gasteiger partial charge is 0.251 e. The Morgan fingerprint density at radius 2 is 1.64 bits per heavy atom. The summed E-state index contributed by atoms with van der Waals surface area (Å²) in [5.41, 5.74) is 4.55. The van der Waals surface area contributed by atoms with Gasteiger partial charge in [0.05, 0.1) is 12.2 Å². The van der Waals surface area contributed by atoms with Gasteiger partial charge in [0.2, 0.25) is 0 Å². The van der Waals surface area contributed by atoms with Crippen molar-refractivity contribution in [2.75, 3.05) is 20.1 Å². The molecule has 0 aliphatic carbocycles. The van der Waals surface area contributed by atoms with Crippen LogP contribution in [0, 0.1) is 0 Å². The average Bonchev–Trinajstić information content (AvgIpc) is 2.68. The molecule has 150 valence electrons. The van der Waals surface area contributed by atoms with Gasteiger partial charge in [-0.2, -0.15) is 0 Å². The van der Waals surface area contributed by atoms with E-state index in [-0.39, 0.29) is 18.1 Å². The lowest BCUT2D eigenvalue weighted by Gasteiger charge is -2.35. The zero-order valence-electron chi connectivity index (χ0n) is 17.1. The van der Waals surface area contributed by atoms with E-state index in [2.05, 4.69) is 53.6 Å². The molecule has 1 heterocycles. The summed E-state index contributed by atoms with van der Waals surface area (Å²) in [4.78, 5) is 14.1. The second kappa shape index (κ2) is 9.82. The molecule has 0 aromatic heterocycles. The summed E-state index contributed by atoms with van der Waals surface area (Å²) in [5, 5.41) is 6.18. The van der Waals surface area contributed by atoms with E-state index >= 15 is 0 Å². The number of morpholine rings is 1. The molecule has 5 nitrogen and oxygen atoms in total. The third-order valence-corrected chi connectivity index (χ3v) is 5.10. The lowest BCUT2D eigenvalue weighted by molar-refractivity contribution is -0.0705. The fourth-order valence-electron chi connectivity index (χ4n) is 3.80. The lowest BCUT2D eigenvalue weighted by atomic mass is 10.1. The number of nitrogens with zero attached hydrogens (tertiary/aromatic N) is 1. The topological polar surface area (TPSA) is 53.6 Å². The molecule has 0 saturated carbocycles. The number of ether oxygens (including phenoxy) is 1. The van der Waals surface area contributed by atoms with E-state index < -0.39 is 0 Å². The van der Waals surface area contributed by atoms with Crippen LogP contribution in [0.2, 0.25) is 0 Å². The predicted octanol–water partition coefficient (Wildman–Crippen LogP) is 2.95. The molecule has 1 amide bonds. The highest BCUT2D eigenvalue weighted by Gasteiger charge is 2.22. The van der Waals surface area contributed by atoms with Crippen molar-refractivity contribution in [2.45, 2.75) is 45.7 Å². The van der Waals surface area contributed by atoms with Crippen LogP contribution in [0.1, 0.15) is 40.9 Å². The quantitative estimate of drug-likeness (QED) is 0.774. The Morgan fingerprint density at radius 1 is 1.00 bits per heavy atom. The van der Waals surface area contributed by atoms with Gasteiger partial charge >= 0.3 is 0 Å². The Bertz CT molecular complexity index is 766. The highest BCUT2D eigenvalue weighted by molar-refractivity contribution is 5.93. The molecule has 1 aliphatic rings. The van der Waals surface area contributed by atoms with Crippen molar-refractivity contribution in [2.24, 2.45) is 0 Å². The van der Waals surface area contributed by atoms with Crippen molar-refractivity contribution in [1.29, 1.82) is 0 Å². The number of amides is 1. The number of nitrogens with one attached hydrogen (secondary N) is 2. The minimum absolute atomic E-state index is 0.0554. The molecule has 28 heavy (non-hydrogen) atoms. The van der Waals surface area contributed by atoms with E-state index in [0.29, 0.717) is 5.56 Å². The van der Waals surface area contributed by atoms with Crippen LogP contribution in [0.25, 0.3) is 0 Å². The van der Waals surface area contributed by atoms with Crippen LogP contribution >= 0.6 is 0 Å². The maximum atomic E-state index is 11.6. The normalized spacial score (nSPS) is 20.1. The first-order valence-electron chi connectivity index (χ1n) is 10.0. The molecule has 0 bridgehead atoms. The number of rotatable bonds is 7. The van der Waals surface area contributed by atoms with Gasteiger partial charge in [-0.25, -0.2) is 0 Å². The third kappa shape index (κ3) is 5.64. The molecule has 0 unspecified atom stereocenters. The highest BCUT2D eigenvalue weighted by Crippen LogP contribution is 2.17. The average molecular weight is 382 g/mol. The van der Waals surface area contributed by atoms with Crippen LogP contribution in [0.4, 0.5) is 0 Å². The minimum Gasteiger partial charge on any atom is -0.373 e. The van der Waals surface area contributed by atoms with Crippen LogP contribution in [-0.2, 0) is 24.4 Å². The highest BCUT2D eigenvalue weighted by atomic mass is 16.5. The SMILES string of the molecule is CNC(=O)c1ccc(CNCc2ccccc2CN2C[C@@H](C)O[C@H](C)C2)cc1. The molecule has 0 radical (unpaired) electrons. The Morgan fingerprint density at radius 3 is 2.29 bits per heavy atom. The van der Waals surface area contributed by atoms with Crippen LogP contribution in [0.15, 0.2) is 48.5 Å². The zero-order chi connectivity index (χ0) is 19.9. The molecule has 2 aromatic rings. The van der Waals surface area contributed by atoms with Crippen LogP contribution < -0.4 is 10.6 Å². The Kier molecular flexibility index (Phi) is 7.20. The lowest BCUT2D eigenvalue weighted by Crippen LogP contribution is -2.45. The molecule has 1 aliphatic heterocycles. The molecule has 2 N–H and O–H groups in total. The van der Waals surface area contributed by atoms with Gasteiger partial charge in [0, 0.05) is 45.3 Å². The second-order valence-electron chi connectivity index (χ2n) is 7.60. The zero-order valence-corrected chi connectivity index (χ0v) is 17.1. The van der Waals surface area contributed by atoms with Gasteiger partial charge in [0.1, 0.15) is 0 Å². The van der Waals surface area contributed by atoms with Crippen LogP contribution in [0.5, 0.6) is 0 Å². The first kappa shape index (κ1) is 20.5. The molecule has 1 fully saturated rings. The standard InChI is InChI=1S/C23H31N3O2/c1-17-14-26(15-18(2)28-17)16-22-7-5-4-6-21(22)13-25-12-19-8-10-20(11-9-19)23(27)24-3/h4-11,17-18,25H,12-16H2,1-3H3,(H,24,27)/t17-,18-/m1/s1. The Hall–Kier alpha value is -2.21. The molecule has 0 spiro atoms. The monoisotopic (exact) mass is 381 g/mol. The van der Waals surface area contributed by atoms with Crippen molar-refractivity contribution in [1.82, 2.24) is 15.5 Å². The van der Waals surface area contributed by atoms with E-state index in [1.165, 1.54) is 16.7 Å². The van der Waals surface area contributed by atoms with E-state index in [1.807, 2.05) is 24.3 Å². The molecule has 1 saturated heterocycles. The molecule has 2 aromatic carbocycles. The fourth-order valence-corrected chi connectivity index (χ4v) is 3.80. The third-order valence-electron chi connectivity index (χ3n) is 5.10. The van der Waals surface area contributed by atoms with Gasteiger partial charge in [-0.15, -0.1) is 0 Å². The van der Waals surface area contributed by atoms with Gasteiger partial charge in [-0.05, 0) is 42.7 Å². The molecular formula is C23H31N3O2. The number of carbonyl (C=O) groups excluding carboxylic acids is 1. The first-order valence-corrected chi connectivity index (χ1v) is 10.0. The summed E-state index contributed by atoms with van der Waals surface area (Å²) in [7, 11) is 1.65. The van der Waals surface area contributed by atoms with Crippen LogP contribution in [-0.4, -0.2) is 43.2 Å². The first-order chi connectivity index (χ1) is 13.5. The van der Waals surface area contributed by atoms with Gasteiger partial charge in [-0.1, -0.05) is 36.4 Å². The summed E-state index contributed by atoms with van der Waals surface area (Å²) in [5.74, 6) is -0.0554. The minimum atomic E-state index is -0.0554. The molecule has 5 heteroatoms. The molecule has 3 rings (SSSR count). The van der Waals surface area contributed by atoms with E-state index in [1.54, 1.807) is 7.05 Å². The summed E-state index contributed by atoms with van der Waals surface area (Å²) in [6.45, 7) is 8.79. The van der Waals surface area contributed by atoms with E-state index in [4.69, 9.17) is 4.74 Å². The fraction of sp³-hybridized carbons (Fsp3) is 0.435. The largest absolute Gasteiger partial charge is 0.373 e. The maximum absolute atomic E-state index is 11.6. The van der Waals surface area contributed by atoms with Crippen molar-refractivity contribution < 1.29 is 9.53 Å². The van der Waals surface area contributed by atoms with Crippen molar-refractivity contribution in [3.8, 4) is 0 Å². The van der Waals surface area contributed by atoms with Gasteiger partial charge in [0.15, 0.2) is 0 Å². The predicted molar refractivity (Wildman–Crippen MR) is 112 cm³/mol. The van der Waals surface area contributed by atoms with Crippen molar-refractivity contribution in [3.63, 3.8) is 0 Å². The van der Waals surface area contributed by atoms with Crippen molar-refractivity contribution >= 4 is 5.91 Å². The van der Waals surface area contributed by atoms with Crippen LogP contribution in [0.3, 0.4) is 0 Å². The number of benzene rings is 2. The number of hydrogen-bond donors (Lipinski definition) is 2. The van der Waals surface area contributed by atoms with Crippen molar-refractivity contribution in [3.05, 3.63) is 70.8 Å². The van der Waals surface area contributed by atoms with E-state index in [0.717, 1.165) is 32.7 Å². The Balaban J connectivity index is 1.55. The summed E-state index contributed by atoms with van der Waals surface area (Å²) >= 11 is 0. The number of hydrogen-bond acceptors (Lipinski definition) is 4. The maximum Gasteiger partial charge on any atom is 0.251 e. The summed E-state index contributed by atoms with van der Waals surface area (Å²) in [6.07, 6.45) is 0.568. The molecular weight excluding hydrogens is 350 g/mol. The van der Waals surface area contributed by atoms with Gasteiger partial charge in [-0.3, -0.25) is 9.69 Å². The number of carbonyl (C=O) groups is 1. The molecule has 2 atom stereocenters. The van der Waals surface area contributed by atoms with Gasteiger partial charge in [0.25, 0.3) is 5.91 Å². The van der Waals surface area contributed by atoms with E-state index in [9.17, 15) is 4.79 Å². The Labute approximate surface area is 168 Å². The summed E-state index contributed by atoms with van der Waals surface area (Å²) < 4.78 is 5.85.